The zero-order chi connectivity index (χ0) is 11.5. The number of aromatic nitrogens is 1. The van der Waals surface area contributed by atoms with Crippen molar-refractivity contribution in [1.29, 1.82) is 0 Å². The highest BCUT2D eigenvalue weighted by Crippen LogP contribution is 2.14. The number of hydrogen-bond acceptors (Lipinski definition) is 1. The Morgan fingerprint density at radius 3 is 2.44 bits per heavy atom. The molecule has 0 fully saturated rings. The molecule has 2 nitrogen and oxygen atoms in total. The van der Waals surface area contributed by atoms with Crippen LogP contribution in [0, 0.1) is 11.6 Å². The van der Waals surface area contributed by atoms with Crippen LogP contribution in [0.25, 0.3) is 0 Å². The minimum atomic E-state index is -0.574. The summed E-state index contributed by atoms with van der Waals surface area (Å²) in [7, 11) is 1.92. The largest absolute Gasteiger partial charge is 0.381 e. The average molecular weight is 222 g/mol. The van der Waals surface area contributed by atoms with Gasteiger partial charge in [-0.15, -0.1) is 0 Å². The number of hydrogen-bond donors (Lipinski definition) is 1. The molecule has 16 heavy (non-hydrogen) atoms. The van der Waals surface area contributed by atoms with E-state index in [0.29, 0.717) is 12.2 Å². The van der Waals surface area contributed by atoms with Gasteiger partial charge in [0.05, 0.1) is 0 Å². The van der Waals surface area contributed by atoms with Gasteiger partial charge in [-0.25, -0.2) is 8.78 Å². The van der Waals surface area contributed by atoms with E-state index in [2.05, 4.69) is 5.32 Å². The van der Waals surface area contributed by atoms with Gasteiger partial charge in [0.1, 0.15) is 11.6 Å². The summed E-state index contributed by atoms with van der Waals surface area (Å²) in [4.78, 5) is 0. The molecule has 0 aliphatic heterocycles. The van der Waals surface area contributed by atoms with Crippen molar-refractivity contribution in [3.05, 3.63) is 53.9 Å². The Bertz CT molecular complexity index is 471. The molecule has 2 aromatic rings. The van der Waals surface area contributed by atoms with Gasteiger partial charge in [0.25, 0.3) is 0 Å². The van der Waals surface area contributed by atoms with Crippen LogP contribution in [-0.2, 0) is 13.6 Å². The summed E-state index contributed by atoms with van der Waals surface area (Å²) in [5.74, 6) is -1.15. The summed E-state index contributed by atoms with van der Waals surface area (Å²) in [6.45, 7) is 0.545. The van der Waals surface area contributed by atoms with Crippen LogP contribution in [0.2, 0.25) is 0 Å². The quantitative estimate of drug-likeness (QED) is 0.844. The average Bonchev–Trinajstić information content (AvgIpc) is 2.60. The molecule has 0 aliphatic carbocycles. The van der Waals surface area contributed by atoms with Crippen molar-refractivity contribution in [3.8, 4) is 0 Å². The lowest BCUT2D eigenvalue weighted by Gasteiger charge is -2.05. The predicted molar refractivity (Wildman–Crippen MR) is 59.1 cm³/mol. The zero-order valence-corrected chi connectivity index (χ0v) is 8.87. The molecule has 0 radical (unpaired) electrons. The van der Waals surface area contributed by atoms with E-state index in [0.717, 1.165) is 11.6 Å². The molecule has 0 bridgehead atoms. The van der Waals surface area contributed by atoms with Gasteiger partial charge in [-0.3, -0.25) is 0 Å². The van der Waals surface area contributed by atoms with Gasteiger partial charge in [-0.2, -0.15) is 0 Å². The van der Waals surface area contributed by atoms with E-state index in [-0.39, 0.29) is 0 Å². The van der Waals surface area contributed by atoms with Gasteiger partial charge >= 0.3 is 0 Å². The van der Waals surface area contributed by atoms with Crippen LogP contribution >= 0.6 is 0 Å². The molecule has 0 spiro atoms. The molecule has 84 valence electrons. The Morgan fingerprint density at radius 2 is 1.88 bits per heavy atom. The van der Waals surface area contributed by atoms with E-state index in [9.17, 15) is 8.78 Å². The minimum absolute atomic E-state index is 0.446. The van der Waals surface area contributed by atoms with E-state index in [1.807, 2.05) is 30.1 Å². The molecule has 0 amide bonds. The first-order chi connectivity index (χ1) is 7.63. The SMILES string of the molecule is Cn1ccc(CNc2cc(F)cc(F)c2)c1. The van der Waals surface area contributed by atoms with Gasteiger partial charge in [0.15, 0.2) is 0 Å². The van der Waals surface area contributed by atoms with Crippen LogP contribution in [0.4, 0.5) is 14.5 Å². The van der Waals surface area contributed by atoms with Gasteiger partial charge in [0.2, 0.25) is 0 Å². The minimum Gasteiger partial charge on any atom is -0.381 e. The number of aryl methyl sites for hydroxylation is 1. The van der Waals surface area contributed by atoms with Gasteiger partial charge < -0.3 is 9.88 Å². The number of benzene rings is 1. The molecule has 4 heteroatoms. The van der Waals surface area contributed by atoms with Gasteiger partial charge in [0, 0.05) is 37.7 Å². The highest BCUT2D eigenvalue weighted by molar-refractivity contribution is 5.44. The lowest BCUT2D eigenvalue weighted by atomic mass is 10.2. The molecule has 0 atom stereocenters. The van der Waals surface area contributed by atoms with Crippen LogP contribution in [0.15, 0.2) is 36.7 Å². The predicted octanol–water partition coefficient (Wildman–Crippen LogP) is 2.92. The fourth-order valence-electron chi connectivity index (χ4n) is 1.53. The van der Waals surface area contributed by atoms with Crippen LogP contribution in [-0.4, -0.2) is 4.57 Å². The zero-order valence-electron chi connectivity index (χ0n) is 8.87. The topological polar surface area (TPSA) is 17.0 Å². The molecule has 0 saturated heterocycles. The van der Waals surface area contributed by atoms with Gasteiger partial charge in [-0.05, 0) is 23.8 Å². The molecule has 2 rings (SSSR count). The number of nitrogens with one attached hydrogen (secondary N) is 1. The van der Waals surface area contributed by atoms with Crippen LogP contribution < -0.4 is 5.32 Å². The number of halogens is 2. The lowest BCUT2D eigenvalue weighted by Crippen LogP contribution is -1.99. The van der Waals surface area contributed by atoms with Crippen LogP contribution in [0.3, 0.4) is 0 Å². The third kappa shape index (κ3) is 2.59. The summed E-state index contributed by atoms with van der Waals surface area (Å²) in [6, 6.07) is 5.34. The molecular weight excluding hydrogens is 210 g/mol. The Kier molecular flexibility index (Phi) is 2.90. The molecule has 1 heterocycles. The lowest BCUT2D eigenvalue weighted by molar-refractivity contribution is 0.584. The smallest absolute Gasteiger partial charge is 0.128 e. The fourth-order valence-corrected chi connectivity index (χ4v) is 1.53. The molecule has 0 saturated carbocycles. The van der Waals surface area contributed by atoms with Crippen molar-refractivity contribution in [2.45, 2.75) is 6.54 Å². The molecular formula is C12H12F2N2. The van der Waals surface area contributed by atoms with Crippen molar-refractivity contribution in [2.24, 2.45) is 7.05 Å². The monoisotopic (exact) mass is 222 g/mol. The van der Waals surface area contributed by atoms with Crippen molar-refractivity contribution >= 4 is 5.69 Å². The van der Waals surface area contributed by atoms with Crippen molar-refractivity contribution in [1.82, 2.24) is 4.57 Å². The van der Waals surface area contributed by atoms with E-state index >= 15 is 0 Å². The first kappa shape index (κ1) is 10.7. The second-order valence-corrected chi connectivity index (χ2v) is 3.70. The summed E-state index contributed by atoms with van der Waals surface area (Å²) in [6.07, 6.45) is 3.87. The Balaban J connectivity index is 2.04. The standard InChI is InChI=1S/C12H12F2N2/c1-16-3-2-9(8-16)7-15-12-5-10(13)4-11(14)6-12/h2-6,8,15H,7H2,1H3. The summed E-state index contributed by atoms with van der Waals surface area (Å²) < 4.78 is 27.7. The summed E-state index contributed by atoms with van der Waals surface area (Å²) in [5, 5.41) is 2.96. The Hall–Kier alpha value is -1.84. The van der Waals surface area contributed by atoms with E-state index in [1.54, 1.807) is 0 Å². The van der Waals surface area contributed by atoms with Crippen molar-refractivity contribution in [2.75, 3.05) is 5.32 Å². The van der Waals surface area contributed by atoms with Crippen molar-refractivity contribution in [3.63, 3.8) is 0 Å². The van der Waals surface area contributed by atoms with Crippen molar-refractivity contribution < 1.29 is 8.78 Å². The Morgan fingerprint density at radius 1 is 1.19 bits per heavy atom. The fraction of sp³-hybridized carbons (Fsp3) is 0.167. The van der Waals surface area contributed by atoms with E-state index in [4.69, 9.17) is 0 Å². The molecule has 1 N–H and O–H groups in total. The first-order valence-corrected chi connectivity index (χ1v) is 4.94. The summed E-state index contributed by atoms with van der Waals surface area (Å²) >= 11 is 0. The first-order valence-electron chi connectivity index (χ1n) is 4.94. The highest BCUT2D eigenvalue weighted by atomic mass is 19.1. The maximum Gasteiger partial charge on any atom is 0.128 e. The van der Waals surface area contributed by atoms with Gasteiger partial charge in [-0.1, -0.05) is 0 Å². The highest BCUT2D eigenvalue weighted by Gasteiger charge is 2.00. The molecule has 0 unspecified atom stereocenters. The normalized spacial score (nSPS) is 10.4. The van der Waals surface area contributed by atoms with E-state index in [1.165, 1.54) is 12.1 Å². The molecule has 1 aromatic heterocycles. The molecule has 0 aliphatic rings. The number of nitrogens with zero attached hydrogens (tertiary/aromatic N) is 1. The number of anilines is 1. The third-order valence-corrected chi connectivity index (χ3v) is 2.25. The Labute approximate surface area is 92.5 Å². The van der Waals surface area contributed by atoms with Crippen LogP contribution in [0.1, 0.15) is 5.56 Å². The number of rotatable bonds is 3. The maximum absolute atomic E-state index is 12.9. The second-order valence-electron chi connectivity index (χ2n) is 3.70. The second kappa shape index (κ2) is 4.35. The summed E-state index contributed by atoms with van der Waals surface area (Å²) in [5.41, 5.74) is 1.51. The van der Waals surface area contributed by atoms with E-state index < -0.39 is 11.6 Å². The maximum atomic E-state index is 12.9. The van der Waals surface area contributed by atoms with Crippen LogP contribution in [0.5, 0.6) is 0 Å². The third-order valence-electron chi connectivity index (χ3n) is 2.25. The molecule has 1 aromatic carbocycles.